The molecule has 0 spiro atoms. The molecule has 0 unspecified atom stereocenters. The Hall–Kier alpha value is -4.69. The van der Waals surface area contributed by atoms with E-state index in [-0.39, 0.29) is 42.5 Å². The fourth-order valence-electron chi connectivity index (χ4n) is 10.2. The van der Waals surface area contributed by atoms with E-state index in [4.69, 9.17) is 14.6 Å². The highest BCUT2D eigenvalue weighted by Crippen LogP contribution is 2.61. The van der Waals surface area contributed by atoms with Crippen molar-refractivity contribution in [3.63, 3.8) is 0 Å². The van der Waals surface area contributed by atoms with Gasteiger partial charge in [-0.25, -0.2) is 0 Å². The third kappa shape index (κ3) is 9.85. The maximum absolute atomic E-state index is 14.4. The first-order valence-electron chi connectivity index (χ1n) is 21.7. The van der Waals surface area contributed by atoms with Crippen molar-refractivity contribution in [2.75, 3.05) is 67.4 Å². The summed E-state index contributed by atoms with van der Waals surface area (Å²) in [6, 6.07) is 20.6. The summed E-state index contributed by atoms with van der Waals surface area (Å²) in [6.45, 7) is 8.74. The second-order valence-electron chi connectivity index (χ2n) is 18.7. The highest BCUT2D eigenvalue weighted by molar-refractivity contribution is 5.97. The normalized spacial score (nSPS) is 25.1. The molecule has 1 aliphatic heterocycles. The number of hydrogen-bond donors (Lipinski definition) is 4. The number of hydroxylamine groups is 2. The smallest absolute Gasteiger partial charge is 0.251 e. The van der Waals surface area contributed by atoms with Crippen molar-refractivity contribution in [3.05, 3.63) is 83.4 Å². The Morgan fingerprint density at radius 3 is 2.30 bits per heavy atom. The zero-order chi connectivity index (χ0) is 44.3. The Morgan fingerprint density at radius 1 is 1.00 bits per heavy atom. The molecule has 3 saturated carbocycles. The number of amides is 2. The van der Waals surface area contributed by atoms with Gasteiger partial charge in [-0.05, 0) is 78.7 Å². The number of methoxy groups -OCH3 is 1. The Morgan fingerprint density at radius 2 is 1.70 bits per heavy atom. The van der Waals surface area contributed by atoms with E-state index in [0.717, 1.165) is 40.3 Å². The number of fused-ring (bicyclic) bond motifs is 2. The number of carbonyl (C=O) groups is 2. The Labute approximate surface area is 363 Å². The zero-order valence-electron chi connectivity index (χ0n) is 38.1. The quantitative estimate of drug-likeness (QED) is 0.123. The number of aliphatic hydroxyl groups is 2. The van der Waals surface area contributed by atoms with E-state index in [2.05, 4.69) is 43.5 Å². The van der Waals surface area contributed by atoms with Crippen LogP contribution in [0.3, 0.4) is 0 Å². The fraction of sp³-hybridized carbons (Fsp3) is 0.562. The summed E-state index contributed by atoms with van der Waals surface area (Å²) in [6.07, 6.45) is 1.03. The summed E-state index contributed by atoms with van der Waals surface area (Å²) in [5, 5.41) is 29.7. The van der Waals surface area contributed by atoms with Gasteiger partial charge in [0.1, 0.15) is 17.9 Å². The van der Waals surface area contributed by atoms with Crippen molar-refractivity contribution >= 4 is 23.5 Å². The molecule has 1 heterocycles. The Bertz CT molecular complexity index is 2010. The molecular formula is C48H69N7O6. The predicted molar refractivity (Wildman–Crippen MR) is 241 cm³/mol. The predicted octanol–water partition coefficient (Wildman–Crippen LogP) is 4.91. The molecule has 3 aliphatic carbocycles. The molecule has 1 saturated heterocycles. The summed E-state index contributed by atoms with van der Waals surface area (Å²) in [7, 11) is 13.3. The molecule has 7 rings (SSSR count). The van der Waals surface area contributed by atoms with Gasteiger partial charge >= 0.3 is 0 Å². The average molecular weight is 840 g/mol. The number of carbonyl (C=O) groups excluding carboxylic acids is 2. The van der Waals surface area contributed by atoms with Crippen LogP contribution in [0, 0.1) is 29.1 Å². The topological polar surface area (TPSA) is 142 Å². The lowest BCUT2D eigenvalue weighted by molar-refractivity contribution is -0.183. The number of ether oxygens (including phenoxy) is 1. The number of hydrogen-bond acceptors (Lipinski definition) is 9. The number of para-hydroxylation sites is 1. The molecule has 13 heteroatoms. The first-order valence-corrected chi connectivity index (χ1v) is 21.7. The minimum atomic E-state index is -0.914. The SMILES string of the molecule is COc1c(CN2O[C@@H](CO)[C@@H]([C@H](C)O)[C@H]2C(=O)N[C@@H]2C[C@H]3C[C@@H]([C@@H]2C)C3(C)C)cccc1-c1cc(C(=O)N[C@H](CN=C(N(C)C)N(C)C)Cc2ccccc2)cc(N(C)C)c1. The van der Waals surface area contributed by atoms with Gasteiger partial charge in [-0.15, -0.1) is 0 Å². The number of nitrogens with one attached hydrogen (secondary N) is 2. The molecule has 332 valence electrons. The van der Waals surface area contributed by atoms with Crippen LogP contribution in [0.25, 0.3) is 11.1 Å². The van der Waals surface area contributed by atoms with Gasteiger partial charge in [0.05, 0.1) is 39.0 Å². The monoisotopic (exact) mass is 840 g/mol. The van der Waals surface area contributed by atoms with Gasteiger partial charge in [-0.3, -0.25) is 19.4 Å². The fourth-order valence-corrected chi connectivity index (χ4v) is 10.2. The molecule has 2 amide bonds. The summed E-state index contributed by atoms with van der Waals surface area (Å²) in [5.74, 6) is 1.70. The molecule has 3 aromatic rings. The molecule has 13 nitrogen and oxygen atoms in total. The van der Waals surface area contributed by atoms with Crippen LogP contribution >= 0.6 is 0 Å². The number of aliphatic hydroxyl groups excluding tert-OH is 2. The first kappa shape index (κ1) is 45.8. The van der Waals surface area contributed by atoms with Crippen molar-refractivity contribution in [3.8, 4) is 16.9 Å². The summed E-state index contributed by atoms with van der Waals surface area (Å²) in [5.41, 5.74) is 4.96. The molecule has 4 aliphatic rings. The minimum absolute atomic E-state index is 0.0251. The Balaban J connectivity index is 1.29. The average Bonchev–Trinajstić information content (AvgIpc) is 3.59. The van der Waals surface area contributed by atoms with Crippen LogP contribution in [-0.4, -0.2) is 136 Å². The summed E-state index contributed by atoms with van der Waals surface area (Å²) >= 11 is 0. The number of anilines is 1. The number of guanidine groups is 1. The lowest BCUT2D eigenvalue weighted by atomic mass is 9.45. The van der Waals surface area contributed by atoms with Gasteiger partial charge < -0.3 is 40.3 Å². The number of benzene rings is 3. The second kappa shape index (κ2) is 19.1. The van der Waals surface area contributed by atoms with E-state index in [9.17, 15) is 19.8 Å². The third-order valence-electron chi connectivity index (χ3n) is 13.6. The molecule has 2 bridgehead atoms. The van der Waals surface area contributed by atoms with Gasteiger partial charge in [-0.2, -0.15) is 5.06 Å². The summed E-state index contributed by atoms with van der Waals surface area (Å²) in [4.78, 5) is 45.8. The van der Waals surface area contributed by atoms with E-state index < -0.39 is 24.2 Å². The van der Waals surface area contributed by atoms with Crippen LogP contribution in [0.1, 0.15) is 62.0 Å². The van der Waals surface area contributed by atoms with Crippen LogP contribution in [0.15, 0.2) is 71.7 Å². The van der Waals surface area contributed by atoms with Crippen molar-refractivity contribution in [1.82, 2.24) is 25.5 Å². The molecule has 9 atom stereocenters. The standard InChI is InChI=1S/C48H69N7O6/c1-29-39-24-35(48(39,3)4)25-40(29)51-46(59)43-42(30(2)57)41(28-56)61-55(43)27-32-18-15-19-38(44(32)60-11)33-21-34(23-37(22-33)52(5)6)45(58)50-36(20-31-16-13-12-14-17-31)26-49-47(53(7)8)54(9)10/h12-19,21-23,29-30,35-36,39-43,56-57H,20,24-28H2,1-11H3,(H,50,58)(H,51,59)/t29-,30-,35+,36-,39-,40+,41-,42+,43-/m0/s1. The molecule has 4 fully saturated rings. The van der Waals surface area contributed by atoms with E-state index in [1.54, 1.807) is 19.1 Å². The van der Waals surface area contributed by atoms with E-state index in [1.165, 1.54) is 6.42 Å². The molecule has 0 aromatic heterocycles. The van der Waals surface area contributed by atoms with E-state index >= 15 is 0 Å². The lowest BCUT2D eigenvalue weighted by Gasteiger charge is -2.62. The maximum Gasteiger partial charge on any atom is 0.251 e. The zero-order valence-corrected chi connectivity index (χ0v) is 38.1. The third-order valence-corrected chi connectivity index (χ3v) is 13.6. The summed E-state index contributed by atoms with van der Waals surface area (Å²) < 4.78 is 6.14. The van der Waals surface area contributed by atoms with Crippen LogP contribution in [0.2, 0.25) is 0 Å². The second-order valence-corrected chi connectivity index (χ2v) is 18.7. The first-order chi connectivity index (χ1) is 28.9. The highest BCUT2D eigenvalue weighted by atomic mass is 16.7. The molecule has 61 heavy (non-hydrogen) atoms. The van der Waals surface area contributed by atoms with Crippen LogP contribution in [0.4, 0.5) is 5.69 Å². The van der Waals surface area contributed by atoms with Crippen molar-refractivity contribution in [2.24, 2.45) is 34.1 Å². The largest absolute Gasteiger partial charge is 0.496 e. The van der Waals surface area contributed by atoms with Crippen LogP contribution in [0.5, 0.6) is 5.75 Å². The van der Waals surface area contributed by atoms with E-state index in [1.807, 2.05) is 112 Å². The number of rotatable bonds is 15. The Kier molecular flexibility index (Phi) is 14.4. The van der Waals surface area contributed by atoms with E-state index in [0.29, 0.717) is 42.0 Å². The van der Waals surface area contributed by atoms with Crippen molar-refractivity contribution in [1.29, 1.82) is 0 Å². The molecule has 3 aromatic carbocycles. The number of aliphatic imine (C=N–C) groups is 1. The molecule has 4 N–H and O–H groups in total. The van der Waals surface area contributed by atoms with Gasteiger partial charge in [0.15, 0.2) is 5.96 Å². The van der Waals surface area contributed by atoms with Crippen molar-refractivity contribution < 1.29 is 29.4 Å². The van der Waals surface area contributed by atoms with Crippen molar-refractivity contribution in [2.45, 2.75) is 83.8 Å². The maximum atomic E-state index is 14.4. The number of nitrogens with zero attached hydrogens (tertiary/aromatic N) is 5. The lowest BCUT2D eigenvalue weighted by Crippen LogP contribution is -2.62. The van der Waals surface area contributed by atoms with Gasteiger partial charge in [0.25, 0.3) is 5.91 Å². The minimum Gasteiger partial charge on any atom is -0.496 e. The van der Waals surface area contributed by atoms with Gasteiger partial charge in [0, 0.05) is 76.6 Å². The van der Waals surface area contributed by atoms with Crippen LogP contribution in [-0.2, 0) is 22.6 Å². The molecule has 0 radical (unpaired) electrons. The van der Waals surface area contributed by atoms with Gasteiger partial charge in [-0.1, -0.05) is 69.3 Å². The molecular weight excluding hydrogens is 771 g/mol. The highest BCUT2D eigenvalue weighted by Gasteiger charge is 2.57. The van der Waals surface area contributed by atoms with Crippen LogP contribution < -0.4 is 20.3 Å². The van der Waals surface area contributed by atoms with Gasteiger partial charge in [0.2, 0.25) is 5.91 Å².